The highest BCUT2D eigenvalue weighted by atomic mass is 32.3. The van der Waals surface area contributed by atoms with Gasteiger partial charge in [-0.05, 0) is 44.8 Å². The van der Waals surface area contributed by atoms with Crippen molar-refractivity contribution >= 4 is 29.4 Å². The first-order valence-electron chi connectivity index (χ1n) is 7.43. The summed E-state index contributed by atoms with van der Waals surface area (Å²) in [5.41, 5.74) is 2.27. The van der Waals surface area contributed by atoms with Crippen molar-refractivity contribution in [1.29, 1.82) is 0 Å². The molecule has 0 unspecified atom stereocenters. The van der Waals surface area contributed by atoms with Gasteiger partial charge in [0.15, 0.2) is 0 Å². The Morgan fingerprint density at radius 2 is 1.71 bits per heavy atom. The van der Waals surface area contributed by atoms with Crippen molar-refractivity contribution in [2.75, 3.05) is 28.3 Å². The monoisotopic (exact) mass is 354 g/mol. The number of nitrogens with zero attached hydrogens (tertiary/aromatic N) is 1. The molecule has 1 radical (unpaired) electrons. The largest absolute Gasteiger partial charge is 0.397 e. The molecule has 1 aromatic carbocycles. The molecule has 0 spiro atoms. The molecule has 1 aliphatic rings. The molecule has 1 aromatic rings. The molecule has 0 saturated carbocycles. The molecule has 24 heavy (non-hydrogen) atoms. The van der Waals surface area contributed by atoms with Gasteiger partial charge in [-0.2, -0.15) is 8.42 Å². The van der Waals surface area contributed by atoms with Gasteiger partial charge in [-0.3, -0.25) is 8.74 Å². The second-order valence-corrected chi connectivity index (χ2v) is 6.67. The van der Waals surface area contributed by atoms with Crippen LogP contribution in [0.25, 0.3) is 6.08 Å². The standard InChI is InChI=1S/C12H12BO.C3H9N.CH4O4S/c14-12-11(7-4-8-13-12)9-10-5-2-1-3-6-10;1-4(2)3;1-5-6(2,3)4/h1-3,5-6,9H,4,7-8H2;1-3H3;1H3,(H,2,3,4). The van der Waals surface area contributed by atoms with Crippen LogP contribution < -0.4 is 0 Å². The van der Waals surface area contributed by atoms with Gasteiger partial charge in [0.2, 0.25) is 7.28 Å². The molecule has 0 atom stereocenters. The fourth-order valence-electron chi connectivity index (χ4n) is 1.67. The molecule has 1 heterocycles. The van der Waals surface area contributed by atoms with Crippen molar-refractivity contribution < 1.29 is 21.9 Å². The number of allylic oxidation sites excluding steroid dienone is 1. The Hall–Kier alpha value is -1.48. The summed E-state index contributed by atoms with van der Waals surface area (Å²) in [5.74, 6) is 0. The van der Waals surface area contributed by atoms with E-state index in [1.54, 1.807) is 7.28 Å². The molecule has 1 saturated heterocycles. The van der Waals surface area contributed by atoms with Gasteiger partial charge in [0, 0.05) is 0 Å². The lowest BCUT2D eigenvalue weighted by Crippen LogP contribution is -2.16. The molecular weight excluding hydrogens is 329 g/mol. The maximum atomic E-state index is 11.5. The van der Waals surface area contributed by atoms with Crippen molar-refractivity contribution in [3.63, 3.8) is 0 Å². The van der Waals surface area contributed by atoms with Crippen LogP contribution >= 0.6 is 0 Å². The molecule has 133 valence electrons. The van der Waals surface area contributed by atoms with Crippen molar-refractivity contribution in [3.8, 4) is 0 Å². The number of rotatable bonds is 2. The molecule has 0 amide bonds. The Bertz CT molecular complexity index is 612. The summed E-state index contributed by atoms with van der Waals surface area (Å²) in [5, 5.41) is 0. The predicted octanol–water partition coefficient (Wildman–Crippen LogP) is 2.13. The summed E-state index contributed by atoms with van der Waals surface area (Å²) in [4.78, 5) is 13.5. The van der Waals surface area contributed by atoms with E-state index >= 15 is 0 Å². The third-order valence-corrected chi connectivity index (χ3v) is 3.07. The van der Waals surface area contributed by atoms with Crippen molar-refractivity contribution in [1.82, 2.24) is 4.90 Å². The van der Waals surface area contributed by atoms with Crippen LogP contribution in [0.5, 0.6) is 0 Å². The predicted molar refractivity (Wildman–Crippen MR) is 97.4 cm³/mol. The van der Waals surface area contributed by atoms with Gasteiger partial charge in [-0.1, -0.05) is 43.1 Å². The summed E-state index contributed by atoms with van der Waals surface area (Å²) in [6.45, 7) is 0. The highest BCUT2D eigenvalue weighted by molar-refractivity contribution is 7.80. The number of carbonyl (C=O) groups excluding carboxylic acids is 1. The van der Waals surface area contributed by atoms with Crippen LogP contribution in [0, 0.1) is 0 Å². The highest BCUT2D eigenvalue weighted by Gasteiger charge is 2.15. The quantitative estimate of drug-likeness (QED) is 0.498. The maximum absolute atomic E-state index is 11.5. The molecule has 0 aromatic heterocycles. The van der Waals surface area contributed by atoms with Gasteiger partial charge in [0.1, 0.15) is 5.68 Å². The zero-order chi connectivity index (χ0) is 18.6. The van der Waals surface area contributed by atoms with Gasteiger partial charge < -0.3 is 9.69 Å². The zero-order valence-corrected chi connectivity index (χ0v) is 15.4. The van der Waals surface area contributed by atoms with Crippen molar-refractivity contribution in [3.05, 3.63) is 41.5 Å². The SMILES string of the molecule is CN(C)C.COS(=O)(=O)O.O=C1[B]CCCC1=Cc1ccccc1. The minimum Gasteiger partial charge on any atom is -0.312 e. The average molecular weight is 354 g/mol. The van der Waals surface area contributed by atoms with Crippen LogP contribution in [0.1, 0.15) is 18.4 Å². The van der Waals surface area contributed by atoms with E-state index in [0.29, 0.717) is 0 Å². The fourth-order valence-corrected chi connectivity index (χ4v) is 1.67. The Morgan fingerprint density at radius 1 is 1.21 bits per heavy atom. The Morgan fingerprint density at radius 3 is 2.12 bits per heavy atom. The lowest BCUT2D eigenvalue weighted by atomic mass is 9.61. The third kappa shape index (κ3) is 13.0. The minimum absolute atomic E-state index is 0.208. The van der Waals surface area contributed by atoms with Crippen LogP contribution in [-0.4, -0.2) is 59.1 Å². The summed E-state index contributed by atoms with van der Waals surface area (Å²) in [7, 11) is 4.50. The molecule has 1 aliphatic heterocycles. The van der Waals surface area contributed by atoms with E-state index < -0.39 is 10.4 Å². The summed E-state index contributed by atoms with van der Waals surface area (Å²) < 4.78 is 29.7. The molecule has 0 bridgehead atoms. The van der Waals surface area contributed by atoms with Gasteiger partial charge >= 0.3 is 10.4 Å². The topological polar surface area (TPSA) is 83.9 Å². The van der Waals surface area contributed by atoms with E-state index in [1.165, 1.54) is 0 Å². The normalized spacial score (nSPS) is 15.8. The first kappa shape index (κ1) is 22.5. The lowest BCUT2D eigenvalue weighted by Gasteiger charge is -2.11. The van der Waals surface area contributed by atoms with Gasteiger partial charge in [-0.25, -0.2) is 0 Å². The number of hydrogen-bond donors (Lipinski definition) is 1. The second-order valence-electron chi connectivity index (χ2n) is 5.48. The van der Waals surface area contributed by atoms with Gasteiger partial charge in [-0.15, -0.1) is 0 Å². The van der Waals surface area contributed by atoms with Gasteiger partial charge in [0.05, 0.1) is 7.11 Å². The van der Waals surface area contributed by atoms with E-state index in [4.69, 9.17) is 4.55 Å². The van der Waals surface area contributed by atoms with E-state index in [-0.39, 0.29) is 5.68 Å². The second kappa shape index (κ2) is 12.0. The molecule has 1 N–H and O–H groups in total. The number of benzene rings is 1. The first-order chi connectivity index (χ1) is 11.2. The number of carbonyl (C=O) groups is 1. The maximum Gasteiger partial charge on any atom is 0.397 e. The lowest BCUT2D eigenvalue weighted by molar-refractivity contribution is -0.109. The molecule has 1 fully saturated rings. The highest BCUT2D eigenvalue weighted by Crippen LogP contribution is 2.18. The third-order valence-electron chi connectivity index (χ3n) is 2.65. The molecule has 6 nitrogen and oxygen atoms in total. The molecule has 2 rings (SSSR count). The Balaban J connectivity index is 0.000000443. The van der Waals surface area contributed by atoms with Crippen LogP contribution in [0.4, 0.5) is 0 Å². The summed E-state index contributed by atoms with van der Waals surface area (Å²) in [6, 6.07) is 10.0. The van der Waals surface area contributed by atoms with Crippen LogP contribution in [-0.2, 0) is 19.4 Å². The zero-order valence-electron chi connectivity index (χ0n) is 14.6. The molecule has 0 aliphatic carbocycles. The van der Waals surface area contributed by atoms with E-state index in [1.807, 2.05) is 62.5 Å². The van der Waals surface area contributed by atoms with Crippen molar-refractivity contribution in [2.24, 2.45) is 0 Å². The summed E-state index contributed by atoms with van der Waals surface area (Å²) in [6.07, 6.45) is 4.96. The number of hydrogen-bond acceptors (Lipinski definition) is 5. The molecular formula is C16H25BNO5S. The first-order valence-corrected chi connectivity index (χ1v) is 8.79. The van der Waals surface area contributed by atoms with Crippen LogP contribution in [0.3, 0.4) is 0 Å². The summed E-state index contributed by atoms with van der Waals surface area (Å²) >= 11 is 0. The van der Waals surface area contributed by atoms with Crippen LogP contribution in [0.15, 0.2) is 35.9 Å². The Labute approximate surface area is 145 Å². The molecule has 8 heteroatoms. The van der Waals surface area contributed by atoms with E-state index in [2.05, 4.69) is 4.18 Å². The fraction of sp³-hybridized carbons (Fsp3) is 0.438. The Kier molecular flexibility index (Phi) is 11.2. The van der Waals surface area contributed by atoms with E-state index in [0.717, 1.165) is 37.4 Å². The van der Waals surface area contributed by atoms with Crippen LogP contribution in [0.2, 0.25) is 6.32 Å². The van der Waals surface area contributed by atoms with Gasteiger partial charge in [0.25, 0.3) is 0 Å². The van der Waals surface area contributed by atoms with Crippen molar-refractivity contribution in [2.45, 2.75) is 19.2 Å². The minimum atomic E-state index is -4.16. The average Bonchev–Trinajstić information content (AvgIpc) is 2.50. The van der Waals surface area contributed by atoms with E-state index in [9.17, 15) is 13.2 Å². The smallest absolute Gasteiger partial charge is 0.312 e.